The number of nitrogens with two attached hydrogens (primary N) is 1. The van der Waals surface area contributed by atoms with Crippen LogP contribution in [0.15, 0.2) is 24.3 Å². The van der Waals surface area contributed by atoms with Crippen LogP contribution in [-0.2, 0) is 10.0 Å². The van der Waals surface area contributed by atoms with Crippen molar-refractivity contribution in [1.29, 1.82) is 0 Å². The molecule has 6 nitrogen and oxygen atoms in total. The smallest absolute Gasteiger partial charge is 0.215 e. The first-order valence-electron chi connectivity index (χ1n) is 6.06. The number of sulfonamides is 1. The standard InChI is InChI=1S/C12H20N2O4S/c1-2-11(9-15)14-19(16,17)8-7-18-12-5-3-10(13)4-6-12/h3-6,11,14-15H,2,7-9,13H2,1H3/t11-/m1/s1. The summed E-state index contributed by atoms with van der Waals surface area (Å²) < 4.78 is 31.1. The minimum absolute atomic E-state index is 0.0428. The first-order chi connectivity index (χ1) is 8.96. The van der Waals surface area contributed by atoms with Crippen molar-refractivity contribution in [3.63, 3.8) is 0 Å². The summed E-state index contributed by atoms with van der Waals surface area (Å²) in [4.78, 5) is 0. The van der Waals surface area contributed by atoms with E-state index in [0.29, 0.717) is 17.9 Å². The molecule has 0 saturated carbocycles. The van der Waals surface area contributed by atoms with Gasteiger partial charge in [0.25, 0.3) is 0 Å². The van der Waals surface area contributed by atoms with Crippen molar-refractivity contribution >= 4 is 15.7 Å². The van der Waals surface area contributed by atoms with Crippen LogP contribution >= 0.6 is 0 Å². The van der Waals surface area contributed by atoms with Gasteiger partial charge < -0.3 is 15.6 Å². The zero-order chi connectivity index (χ0) is 14.3. The third-order valence-corrected chi connectivity index (χ3v) is 3.96. The average molecular weight is 288 g/mol. The average Bonchev–Trinajstić information content (AvgIpc) is 2.38. The van der Waals surface area contributed by atoms with Gasteiger partial charge in [-0.2, -0.15) is 0 Å². The Hall–Kier alpha value is -1.31. The minimum Gasteiger partial charge on any atom is -0.492 e. The molecule has 0 heterocycles. The highest BCUT2D eigenvalue weighted by Crippen LogP contribution is 2.12. The van der Waals surface area contributed by atoms with Crippen LogP contribution in [0.3, 0.4) is 0 Å². The zero-order valence-electron chi connectivity index (χ0n) is 10.9. The lowest BCUT2D eigenvalue weighted by molar-refractivity contribution is 0.253. The van der Waals surface area contributed by atoms with Crippen LogP contribution in [0, 0.1) is 0 Å². The second-order valence-corrected chi connectivity index (χ2v) is 6.02. The van der Waals surface area contributed by atoms with Crippen molar-refractivity contribution in [1.82, 2.24) is 4.72 Å². The molecule has 0 amide bonds. The Morgan fingerprint density at radius 3 is 2.53 bits per heavy atom. The molecule has 4 N–H and O–H groups in total. The SMILES string of the molecule is CC[C@H](CO)NS(=O)(=O)CCOc1ccc(N)cc1. The quantitative estimate of drug-likeness (QED) is 0.599. The molecule has 0 saturated heterocycles. The summed E-state index contributed by atoms with van der Waals surface area (Å²) in [5.74, 6) is 0.409. The number of anilines is 1. The lowest BCUT2D eigenvalue weighted by atomic mass is 10.3. The lowest BCUT2D eigenvalue weighted by Gasteiger charge is -2.14. The predicted molar refractivity (Wildman–Crippen MR) is 74.4 cm³/mol. The summed E-state index contributed by atoms with van der Waals surface area (Å²) in [6.07, 6.45) is 0.536. The summed E-state index contributed by atoms with van der Waals surface area (Å²) in [5, 5.41) is 8.95. The van der Waals surface area contributed by atoms with Crippen molar-refractivity contribution < 1.29 is 18.3 Å². The number of rotatable bonds is 8. The maximum Gasteiger partial charge on any atom is 0.215 e. The van der Waals surface area contributed by atoms with Gasteiger partial charge in [-0.3, -0.25) is 0 Å². The molecule has 19 heavy (non-hydrogen) atoms. The second kappa shape index (κ2) is 7.32. The molecule has 0 aliphatic rings. The minimum atomic E-state index is -3.44. The second-order valence-electron chi connectivity index (χ2n) is 4.14. The maximum atomic E-state index is 11.7. The van der Waals surface area contributed by atoms with Crippen LogP contribution < -0.4 is 15.2 Å². The van der Waals surface area contributed by atoms with E-state index in [0.717, 1.165) is 0 Å². The number of hydrogen-bond acceptors (Lipinski definition) is 5. The molecule has 108 valence electrons. The van der Waals surface area contributed by atoms with Gasteiger partial charge in [0.05, 0.1) is 12.4 Å². The van der Waals surface area contributed by atoms with Crippen molar-refractivity contribution in [2.24, 2.45) is 0 Å². The third kappa shape index (κ3) is 5.91. The van der Waals surface area contributed by atoms with Gasteiger partial charge >= 0.3 is 0 Å². The molecule has 0 aliphatic heterocycles. The molecule has 0 spiro atoms. The van der Waals surface area contributed by atoms with E-state index in [1.807, 2.05) is 0 Å². The molecular formula is C12H20N2O4S. The molecule has 1 atom stereocenters. The van der Waals surface area contributed by atoms with Gasteiger partial charge in [0.2, 0.25) is 10.0 Å². The number of nitrogen functional groups attached to an aromatic ring is 1. The van der Waals surface area contributed by atoms with Gasteiger partial charge in [0, 0.05) is 11.7 Å². The number of benzene rings is 1. The molecule has 1 aromatic rings. The number of nitrogens with one attached hydrogen (secondary N) is 1. The summed E-state index contributed by atoms with van der Waals surface area (Å²) in [5.41, 5.74) is 6.15. The van der Waals surface area contributed by atoms with Gasteiger partial charge in [-0.15, -0.1) is 0 Å². The number of aliphatic hydroxyl groups excluding tert-OH is 1. The number of ether oxygens (including phenoxy) is 1. The Morgan fingerprint density at radius 1 is 1.37 bits per heavy atom. The predicted octanol–water partition coefficient (Wildman–Crippen LogP) is 0.338. The van der Waals surface area contributed by atoms with Crippen molar-refractivity contribution in [3.8, 4) is 5.75 Å². The maximum absolute atomic E-state index is 11.7. The molecule has 1 rings (SSSR count). The molecule has 7 heteroatoms. The Morgan fingerprint density at radius 2 is 2.00 bits per heavy atom. The van der Waals surface area contributed by atoms with E-state index in [1.165, 1.54) is 0 Å². The highest BCUT2D eigenvalue weighted by atomic mass is 32.2. The molecule has 0 aromatic heterocycles. The normalized spacial score (nSPS) is 13.2. The van der Waals surface area contributed by atoms with E-state index < -0.39 is 16.1 Å². The first kappa shape index (κ1) is 15.7. The van der Waals surface area contributed by atoms with Crippen molar-refractivity contribution in [2.75, 3.05) is 24.7 Å². The van der Waals surface area contributed by atoms with Crippen LogP contribution in [0.2, 0.25) is 0 Å². The van der Waals surface area contributed by atoms with Crippen LogP contribution in [-0.4, -0.2) is 38.5 Å². The van der Waals surface area contributed by atoms with Crippen molar-refractivity contribution in [3.05, 3.63) is 24.3 Å². The van der Waals surface area contributed by atoms with E-state index in [1.54, 1.807) is 31.2 Å². The summed E-state index contributed by atoms with van der Waals surface area (Å²) in [6, 6.07) is 6.28. The van der Waals surface area contributed by atoms with E-state index in [4.69, 9.17) is 15.6 Å². The Kier molecular flexibility index (Phi) is 6.07. The third-order valence-electron chi connectivity index (χ3n) is 2.56. The molecule has 0 bridgehead atoms. The van der Waals surface area contributed by atoms with Gasteiger partial charge in [-0.25, -0.2) is 13.1 Å². The number of aliphatic hydroxyl groups is 1. The largest absolute Gasteiger partial charge is 0.492 e. The van der Waals surface area contributed by atoms with E-state index in [-0.39, 0.29) is 19.0 Å². The summed E-state index contributed by atoms with van der Waals surface area (Å²) in [6.45, 7) is 1.63. The van der Waals surface area contributed by atoms with Gasteiger partial charge in [-0.05, 0) is 30.7 Å². The fraction of sp³-hybridized carbons (Fsp3) is 0.500. The van der Waals surface area contributed by atoms with E-state index >= 15 is 0 Å². The van der Waals surface area contributed by atoms with E-state index in [2.05, 4.69) is 4.72 Å². The monoisotopic (exact) mass is 288 g/mol. The number of hydrogen-bond donors (Lipinski definition) is 3. The highest BCUT2D eigenvalue weighted by molar-refractivity contribution is 7.89. The molecule has 0 radical (unpaired) electrons. The van der Waals surface area contributed by atoms with Crippen LogP contribution in [0.25, 0.3) is 0 Å². The van der Waals surface area contributed by atoms with Gasteiger partial charge in [0.15, 0.2) is 0 Å². The fourth-order valence-electron chi connectivity index (χ4n) is 1.40. The summed E-state index contributed by atoms with van der Waals surface area (Å²) >= 11 is 0. The Balaban J connectivity index is 2.41. The molecular weight excluding hydrogens is 268 g/mol. The Labute approximate surface area is 113 Å². The molecule has 0 fully saturated rings. The summed E-state index contributed by atoms with van der Waals surface area (Å²) in [7, 11) is -3.44. The van der Waals surface area contributed by atoms with Crippen LogP contribution in [0.1, 0.15) is 13.3 Å². The van der Waals surface area contributed by atoms with Crippen LogP contribution in [0.5, 0.6) is 5.75 Å². The first-order valence-corrected chi connectivity index (χ1v) is 7.71. The van der Waals surface area contributed by atoms with Crippen molar-refractivity contribution in [2.45, 2.75) is 19.4 Å². The highest BCUT2D eigenvalue weighted by Gasteiger charge is 2.15. The molecule has 1 aromatic carbocycles. The molecule has 0 aliphatic carbocycles. The van der Waals surface area contributed by atoms with Gasteiger partial charge in [0.1, 0.15) is 12.4 Å². The van der Waals surface area contributed by atoms with Gasteiger partial charge in [-0.1, -0.05) is 6.92 Å². The topological polar surface area (TPSA) is 102 Å². The lowest BCUT2D eigenvalue weighted by Crippen LogP contribution is -2.39. The Bertz CT molecular complexity index is 469. The molecule has 0 unspecified atom stereocenters. The van der Waals surface area contributed by atoms with E-state index in [9.17, 15) is 8.42 Å². The zero-order valence-corrected chi connectivity index (χ0v) is 11.7. The van der Waals surface area contributed by atoms with Crippen LogP contribution in [0.4, 0.5) is 5.69 Å². The fourth-order valence-corrected chi connectivity index (χ4v) is 2.57.